The van der Waals surface area contributed by atoms with E-state index in [1.165, 1.54) is 25.5 Å². The Morgan fingerprint density at radius 3 is 3.00 bits per heavy atom. The fourth-order valence-electron chi connectivity index (χ4n) is 2.42. The van der Waals surface area contributed by atoms with Gasteiger partial charge in [0.15, 0.2) is 0 Å². The maximum Gasteiger partial charge on any atom is 0.252 e. The van der Waals surface area contributed by atoms with Crippen molar-refractivity contribution in [3.63, 3.8) is 0 Å². The third-order valence-electron chi connectivity index (χ3n) is 3.49. The highest BCUT2D eigenvalue weighted by Crippen LogP contribution is 2.29. The van der Waals surface area contributed by atoms with E-state index in [1.807, 2.05) is 0 Å². The van der Waals surface area contributed by atoms with E-state index in [4.69, 9.17) is 17.3 Å². The summed E-state index contributed by atoms with van der Waals surface area (Å²) in [6.45, 7) is 2.98. The highest BCUT2D eigenvalue weighted by molar-refractivity contribution is 6.33. The number of carbonyl (C=O) groups is 1. The molecule has 1 aliphatic carbocycles. The van der Waals surface area contributed by atoms with Crippen LogP contribution in [0.5, 0.6) is 0 Å². The van der Waals surface area contributed by atoms with Gasteiger partial charge in [-0.1, -0.05) is 24.9 Å². The quantitative estimate of drug-likeness (QED) is 0.884. The summed E-state index contributed by atoms with van der Waals surface area (Å²) in [5.74, 6) is 1.49. The van der Waals surface area contributed by atoms with Crippen molar-refractivity contribution >= 4 is 23.3 Å². The summed E-state index contributed by atoms with van der Waals surface area (Å²) in [5.41, 5.74) is 5.96. The highest BCUT2D eigenvalue weighted by Gasteiger charge is 2.21. The van der Waals surface area contributed by atoms with Crippen molar-refractivity contribution in [3.05, 3.63) is 22.8 Å². The van der Waals surface area contributed by atoms with E-state index in [1.54, 1.807) is 6.07 Å². The van der Waals surface area contributed by atoms with Crippen LogP contribution in [0.4, 0.5) is 5.82 Å². The molecule has 3 N–H and O–H groups in total. The summed E-state index contributed by atoms with van der Waals surface area (Å²) >= 11 is 5.84. The molecular formula is C13H18ClN3O. The number of nitrogens with two attached hydrogens (primary N) is 1. The Bertz CT molecular complexity index is 450. The average molecular weight is 268 g/mol. The van der Waals surface area contributed by atoms with Gasteiger partial charge in [-0.05, 0) is 30.7 Å². The van der Waals surface area contributed by atoms with Crippen LogP contribution < -0.4 is 11.1 Å². The second kappa shape index (κ2) is 5.57. The SMILES string of the molecule is CC1CCC(CNC(=O)c2cnc(N)c(Cl)c2)C1. The summed E-state index contributed by atoms with van der Waals surface area (Å²) in [6.07, 6.45) is 5.10. The van der Waals surface area contributed by atoms with Gasteiger partial charge in [-0.25, -0.2) is 4.98 Å². The largest absolute Gasteiger partial charge is 0.382 e. The number of carbonyl (C=O) groups excluding carboxylic acids is 1. The zero-order valence-corrected chi connectivity index (χ0v) is 11.2. The molecule has 2 atom stereocenters. The second-order valence-corrected chi connectivity index (χ2v) is 5.49. The van der Waals surface area contributed by atoms with Gasteiger partial charge in [-0.2, -0.15) is 0 Å². The van der Waals surface area contributed by atoms with Crippen LogP contribution in [0.1, 0.15) is 36.5 Å². The number of amides is 1. The predicted molar refractivity (Wildman–Crippen MR) is 72.5 cm³/mol. The van der Waals surface area contributed by atoms with E-state index in [9.17, 15) is 4.79 Å². The Kier molecular flexibility index (Phi) is 4.07. The first-order chi connectivity index (χ1) is 8.56. The minimum absolute atomic E-state index is 0.135. The molecule has 1 aliphatic rings. The maximum atomic E-state index is 11.9. The van der Waals surface area contributed by atoms with Gasteiger partial charge in [-0.3, -0.25) is 4.79 Å². The molecular weight excluding hydrogens is 250 g/mol. The van der Waals surface area contributed by atoms with Crippen LogP contribution >= 0.6 is 11.6 Å². The number of nitrogens with zero attached hydrogens (tertiary/aromatic N) is 1. The molecule has 0 spiro atoms. The normalized spacial score (nSPS) is 23.0. The predicted octanol–water partition coefficient (Wildman–Crippen LogP) is 2.48. The van der Waals surface area contributed by atoms with E-state index in [0.717, 1.165) is 12.5 Å². The van der Waals surface area contributed by atoms with Crippen LogP contribution in [-0.4, -0.2) is 17.4 Å². The first-order valence-corrected chi connectivity index (χ1v) is 6.63. The first kappa shape index (κ1) is 13.1. The van der Waals surface area contributed by atoms with Crippen LogP contribution in [-0.2, 0) is 0 Å². The number of nitrogens with one attached hydrogen (secondary N) is 1. The number of anilines is 1. The Morgan fingerprint density at radius 2 is 2.39 bits per heavy atom. The van der Waals surface area contributed by atoms with Crippen molar-refractivity contribution in [2.75, 3.05) is 12.3 Å². The van der Waals surface area contributed by atoms with Gasteiger partial charge in [0.2, 0.25) is 0 Å². The van der Waals surface area contributed by atoms with E-state index < -0.39 is 0 Å². The molecule has 98 valence electrons. The molecule has 1 aromatic rings. The smallest absolute Gasteiger partial charge is 0.252 e. The maximum absolute atomic E-state index is 11.9. The Hall–Kier alpha value is -1.29. The lowest BCUT2D eigenvalue weighted by Gasteiger charge is -2.11. The highest BCUT2D eigenvalue weighted by atomic mass is 35.5. The van der Waals surface area contributed by atoms with E-state index in [0.29, 0.717) is 16.5 Å². The topological polar surface area (TPSA) is 68.0 Å². The number of hydrogen-bond acceptors (Lipinski definition) is 3. The Morgan fingerprint density at radius 1 is 1.61 bits per heavy atom. The lowest BCUT2D eigenvalue weighted by molar-refractivity contribution is 0.0947. The van der Waals surface area contributed by atoms with Gasteiger partial charge >= 0.3 is 0 Å². The third-order valence-corrected chi connectivity index (χ3v) is 3.79. The average Bonchev–Trinajstić information content (AvgIpc) is 2.75. The summed E-state index contributed by atoms with van der Waals surface area (Å²) in [6, 6.07) is 1.55. The molecule has 1 aromatic heterocycles. The van der Waals surface area contributed by atoms with Crippen LogP contribution in [0.15, 0.2) is 12.3 Å². The lowest BCUT2D eigenvalue weighted by atomic mass is 10.1. The first-order valence-electron chi connectivity index (χ1n) is 6.25. The van der Waals surface area contributed by atoms with Crippen molar-refractivity contribution in [2.45, 2.75) is 26.2 Å². The molecule has 2 unspecified atom stereocenters. The molecule has 1 fully saturated rings. The van der Waals surface area contributed by atoms with Crippen LogP contribution in [0, 0.1) is 11.8 Å². The van der Waals surface area contributed by atoms with Gasteiger partial charge in [-0.15, -0.1) is 0 Å². The number of hydrogen-bond donors (Lipinski definition) is 2. The third kappa shape index (κ3) is 3.13. The van der Waals surface area contributed by atoms with Crippen molar-refractivity contribution < 1.29 is 4.79 Å². The monoisotopic (exact) mass is 267 g/mol. The molecule has 4 nitrogen and oxygen atoms in total. The van der Waals surface area contributed by atoms with Crippen molar-refractivity contribution in [2.24, 2.45) is 11.8 Å². The molecule has 1 saturated carbocycles. The standard InChI is InChI=1S/C13H18ClN3O/c1-8-2-3-9(4-8)6-17-13(18)10-5-11(14)12(15)16-7-10/h5,7-9H,2-4,6H2,1H3,(H2,15,16)(H,17,18). The fraction of sp³-hybridized carbons (Fsp3) is 0.538. The van der Waals surface area contributed by atoms with Crippen molar-refractivity contribution in [1.82, 2.24) is 10.3 Å². The molecule has 18 heavy (non-hydrogen) atoms. The molecule has 0 radical (unpaired) electrons. The zero-order valence-electron chi connectivity index (χ0n) is 10.4. The Labute approximate surface area is 112 Å². The molecule has 0 saturated heterocycles. The number of pyridine rings is 1. The van der Waals surface area contributed by atoms with Crippen LogP contribution in [0.2, 0.25) is 5.02 Å². The fourth-order valence-corrected chi connectivity index (χ4v) is 2.59. The summed E-state index contributed by atoms with van der Waals surface area (Å²) < 4.78 is 0. The second-order valence-electron chi connectivity index (χ2n) is 5.09. The molecule has 0 bridgehead atoms. The Balaban J connectivity index is 1.89. The van der Waals surface area contributed by atoms with Gasteiger partial charge < -0.3 is 11.1 Å². The lowest BCUT2D eigenvalue weighted by Crippen LogP contribution is -2.28. The molecule has 1 amide bonds. The number of aromatic nitrogens is 1. The molecule has 0 aliphatic heterocycles. The molecule has 5 heteroatoms. The van der Waals surface area contributed by atoms with Crippen LogP contribution in [0.3, 0.4) is 0 Å². The minimum atomic E-state index is -0.135. The number of rotatable bonds is 3. The molecule has 2 rings (SSSR count). The van der Waals surface area contributed by atoms with Crippen LogP contribution in [0.25, 0.3) is 0 Å². The summed E-state index contributed by atoms with van der Waals surface area (Å²) in [5, 5.41) is 3.25. The van der Waals surface area contributed by atoms with E-state index in [2.05, 4.69) is 17.2 Å². The van der Waals surface area contributed by atoms with Gasteiger partial charge in [0, 0.05) is 12.7 Å². The van der Waals surface area contributed by atoms with Gasteiger partial charge in [0.1, 0.15) is 5.82 Å². The molecule has 1 heterocycles. The van der Waals surface area contributed by atoms with Gasteiger partial charge in [0.25, 0.3) is 5.91 Å². The number of halogens is 1. The number of nitrogen functional groups attached to an aromatic ring is 1. The zero-order chi connectivity index (χ0) is 13.1. The summed E-state index contributed by atoms with van der Waals surface area (Å²) in [7, 11) is 0. The van der Waals surface area contributed by atoms with Crippen molar-refractivity contribution in [3.8, 4) is 0 Å². The van der Waals surface area contributed by atoms with E-state index >= 15 is 0 Å². The van der Waals surface area contributed by atoms with Gasteiger partial charge in [0.05, 0.1) is 10.6 Å². The van der Waals surface area contributed by atoms with Crippen molar-refractivity contribution in [1.29, 1.82) is 0 Å². The molecule has 0 aromatic carbocycles. The minimum Gasteiger partial charge on any atom is -0.382 e. The summed E-state index contributed by atoms with van der Waals surface area (Å²) in [4.78, 5) is 15.8. The van der Waals surface area contributed by atoms with E-state index in [-0.39, 0.29) is 11.7 Å².